The van der Waals surface area contributed by atoms with E-state index in [0.29, 0.717) is 21.5 Å². The summed E-state index contributed by atoms with van der Waals surface area (Å²) in [6, 6.07) is 5.83. The first kappa shape index (κ1) is 27.4. The number of nitrogens with one attached hydrogen (secondary N) is 2. The van der Waals surface area contributed by atoms with Crippen molar-refractivity contribution in [3.63, 3.8) is 0 Å². The Morgan fingerprint density at radius 3 is 2.65 bits per heavy atom. The molecule has 1 aliphatic heterocycles. The van der Waals surface area contributed by atoms with E-state index in [1.54, 1.807) is 6.07 Å². The summed E-state index contributed by atoms with van der Waals surface area (Å²) in [7, 11) is 0. The number of halogens is 4. The van der Waals surface area contributed by atoms with Crippen molar-refractivity contribution in [2.45, 2.75) is 25.3 Å². The maximum absolute atomic E-state index is 14.9. The zero-order valence-electron chi connectivity index (χ0n) is 19.7. The molecule has 1 aliphatic carbocycles. The predicted molar refractivity (Wildman–Crippen MR) is 134 cm³/mol. The van der Waals surface area contributed by atoms with E-state index in [1.807, 2.05) is 0 Å². The van der Waals surface area contributed by atoms with Gasteiger partial charge in [0.05, 0.1) is 28.1 Å². The largest absolute Gasteiger partial charge is 0.370 e. The molecule has 4 rings (SSSR count). The van der Waals surface area contributed by atoms with Gasteiger partial charge in [-0.15, -0.1) is 11.3 Å². The molecule has 2 N–H and O–H groups in total. The van der Waals surface area contributed by atoms with Crippen molar-refractivity contribution >= 4 is 52.0 Å². The molecule has 0 radical (unpaired) electrons. The van der Waals surface area contributed by atoms with Crippen molar-refractivity contribution < 1.29 is 32.3 Å². The van der Waals surface area contributed by atoms with Crippen LogP contribution >= 0.6 is 22.9 Å². The Morgan fingerprint density at radius 2 is 2.03 bits per heavy atom. The molecule has 2 aromatic rings. The summed E-state index contributed by atoms with van der Waals surface area (Å²) in [4.78, 5) is 40.9. The number of carbonyl (C=O) groups excluding carboxylic acids is 3. The molecule has 1 saturated carbocycles. The highest BCUT2D eigenvalue weighted by Crippen LogP contribution is 2.31. The summed E-state index contributed by atoms with van der Waals surface area (Å²) >= 11 is 6.93. The fourth-order valence-electron chi connectivity index (χ4n) is 4.02. The molecule has 0 bridgehead atoms. The Balaban J connectivity index is 1.50. The van der Waals surface area contributed by atoms with E-state index < -0.39 is 36.6 Å². The predicted octanol–water partition coefficient (Wildman–Crippen LogP) is 3.62. The average molecular weight is 559 g/mol. The first-order valence-electron chi connectivity index (χ1n) is 11.8. The lowest BCUT2D eigenvalue weighted by Gasteiger charge is -2.31. The zero-order chi connectivity index (χ0) is 26.5. The van der Waals surface area contributed by atoms with E-state index >= 15 is 0 Å². The monoisotopic (exact) mass is 558 g/mol. The molecular weight excluding hydrogens is 533 g/mol. The van der Waals surface area contributed by atoms with Crippen molar-refractivity contribution in [1.29, 1.82) is 0 Å². The van der Waals surface area contributed by atoms with Gasteiger partial charge >= 0.3 is 0 Å². The maximum atomic E-state index is 14.9. The molecule has 2 aliphatic rings. The van der Waals surface area contributed by atoms with Gasteiger partial charge in [0.15, 0.2) is 0 Å². The van der Waals surface area contributed by atoms with Crippen LogP contribution in [-0.2, 0) is 14.3 Å². The number of benzene rings is 1. The normalized spacial score (nSPS) is 16.8. The molecule has 2 fully saturated rings. The number of morpholine rings is 1. The Bertz CT molecular complexity index is 1140. The highest BCUT2D eigenvalue weighted by molar-refractivity contribution is 7.18. The summed E-state index contributed by atoms with van der Waals surface area (Å²) in [6.07, 6.45) is -0.975. The highest BCUT2D eigenvalue weighted by Gasteiger charge is 2.34. The minimum atomic E-state index is -2.71. The van der Waals surface area contributed by atoms with E-state index in [0.717, 1.165) is 30.2 Å². The van der Waals surface area contributed by atoms with Crippen molar-refractivity contribution in [2.75, 3.05) is 49.6 Å². The Kier molecular flexibility index (Phi) is 9.06. The number of anilines is 2. The average Bonchev–Trinajstić information content (AvgIpc) is 3.56. The van der Waals surface area contributed by atoms with E-state index in [1.165, 1.54) is 28.0 Å². The third-order valence-corrected chi connectivity index (χ3v) is 7.30. The van der Waals surface area contributed by atoms with Gasteiger partial charge in [0.2, 0.25) is 5.91 Å². The lowest BCUT2D eigenvalue weighted by atomic mass is 10.1. The van der Waals surface area contributed by atoms with Gasteiger partial charge in [-0.2, -0.15) is 0 Å². The molecule has 3 amide bonds. The molecule has 1 saturated heterocycles. The van der Waals surface area contributed by atoms with Crippen molar-refractivity contribution in [3.8, 4) is 0 Å². The molecule has 2 heterocycles. The minimum absolute atomic E-state index is 0.105. The smallest absolute Gasteiger partial charge is 0.261 e. The summed E-state index contributed by atoms with van der Waals surface area (Å²) in [6.45, 7) is -0.198. The van der Waals surface area contributed by atoms with Crippen molar-refractivity contribution in [3.05, 3.63) is 45.4 Å². The number of alkyl halides is 2. The van der Waals surface area contributed by atoms with E-state index in [4.69, 9.17) is 16.3 Å². The van der Waals surface area contributed by atoms with Gasteiger partial charge in [-0.3, -0.25) is 19.3 Å². The van der Waals surface area contributed by atoms with Crippen LogP contribution in [0.5, 0.6) is 0 Å². The number of hydrogen-bond donors (Lipinski definition) is 2. The summed E-state index contributed by atoms with van der Waals surface area (Å²) in [5.41, 5.74) is 0.148. The SMILES string of the molecule is O=C(NC[C@H](C(=O)Nc1ccc(N2CCOCC2=O)cc1F)N(CC(F)F)CC1CC1)c1ccc(Cl)s1. The Hall–Kier alpha value is -2.67. The molecule has 1 aromatic carbocycles. The van der Waals surface area contributed by atoms with Crippen LogP contribution in [0.1, 0.15) is 22.5 Å². The zero-order valence-corrected chi connectivity index (χ0v) is 21.3. The number of nitrogens with zero attached hydrogens (tertiary/aromatic N) is 2. The van der Waals surface area contributed by atoms with Gasteiger partial charge in [0.25, 0.3) is 18.2 Å². The summed E-state index contributed by atoms with van der Waals surface area (Å²) in [5.74, 6) is -2.15. The standard InChI is InChI=1S/C24H26ClF3N4O4S/c25-20-6-5-19(37-20)24(35)29-10-18(31(12-21(27)28)11-14-1-2-14)23(34)30-17-4-3-15(9-16(17)26)32-7-8-36-13-22(32)33/h3-6,9,14,18,21H,1-2,7-8,10-13H2,(H,29,35)(H,30,34)/t18-/m1/s1. The quantitative estimate of drug-likeness (QED) is 0.440. The van der Waals surface area contributed by atoms with E-state index in [2.05, 4.69) is 10.6 Å². The molecule has 200 valence electrons. The fraction of sp³-hybridized carbons (Fsp3) is 0.458. The summed E-state index contributed by atoms with van der Waals surface area (Å²) < 4.78 is 47.2. The van der Waals surface area contributed by atoms with Crippen LogP contribution in [0.2, 0.25) is 4.34 Å². The molecule has 1 atom stereocenters. The Morgan fingerprint density at radius 1 is 1.24 bits per heavy atom. The molecule has 37 heavy (non-hydrogen) atoms. The van der Waals surface area contributed by atoms with Gasteiger partial charge in [0, 0.05) is 25.3 Å². The van der Waals surface area contributed by atoms with Gasteiger partial charge in [-0.25, -0.2) is 13.2 Å². The fourth-order valence-corrected chi connectivity index (χ4v) is 4.98. The van der Waals surface area contributed by atoms with Crippen molar-refractivity contribution in [2.24, 2.45) is 5.92 Å². The lowest BCUT2D eigenvalue weighted by Crippen LogP contribution is -2.52. The molecule has 0 spiro atoms. The maximum Gasteiger partial charge on any atom is 0.261 e. The molecule has 1 aromatic heterocycles. The number of thiophene rings is 1. The van der Waals surface area contributed by atoms with E-state index in [-0.39, 0.29) is 43.8 Å². The van der Waals surface area contributed by atoms with Gasteiger partial charge in [-0.05, 0) is 49.1 Å². The second-order valence-corrected chi connectivity index (χ2v) is 10.6. The second-order valence-electron chi connectivity index (χ2n) is 8.87. The van der Waals surface area contributed by atoms with Gasteiger partial charge in [-0.1, -0.05) is 11.6 Å². The molecule has 13 heteroatoms. The van der Waals surface area contributed by atoms with Crippen LogP contribution in [0, 0.1) is 11.7 Å². The molecular formula is C24H26ClF3N4O4S. The van der Waals surface area contributed by atoms with Gasteiger partial charge < -0.3 is 20.3 Å². The minimum Gasteiger partial charge on any atom is -0.370 e. The number of amides is 3. The molecule has 8 nitrogen and oxygen atoms in total. The van der Waals surface area contributed by atoms with Crippen LogP contribution in [0.3, 0.4) is 0 Å². The Labute approximate surface area is 220 Å². The third kappa shape index (κ3) is 7.44. The first-order chi connectivity index (χ1) is 17.7. The number of carbonyl (C=O) groups is 3. The first-order valence-corrected chi connectivity index (χ1v) is 12.9. The lowest BCUT2D eigenvalue weighted by molar-refractivity contribution is -0.125. The van der Waals surface area contributed by atoms with Crippen LogP contribution in [0.4, 0.5) is 24.5 Å². The topological polar surface area (TPSA) is 91.0 Å². The van der Waals surface area contributed by atoms with Crippen LogP contribution < -0.4 is 15.5 Å². The highest BCUT2D eigenvalue weighted by atomic mass is 35.5. The van der Waals surface area contributed by atoms with E-state index in [9.17, 15) is 27.6 Å². The molecule has 0 unspecified atom stereocenters. The number of rotatable bonds is 11. The number of hydrogen-bond acceptors (Lipinski definition) is 6. The third-order valence-electron chi connectivity index (χ3n) is 6.07. The van der Waals surface area contributed by atoms with Crippen LogP contribution in [-0.4, -0.2) is 74.5 Å². The summed E-state index contributed by atoms with van der Waals surface area (Å²) in [5, 5.41) is 5.08. The van der Waals surface area contributed by atoms with Crippen molar-refractivity contribution in [1.82, 2.24) is 10.2 Å². The van der Waals surface area contributed by atoms with Gasteiger partial charge in [0.1, 0.15) is 18.5 Å². The second kappa shape index (κ2) is 12.2. The van der Waals surface area contributed by atoms with Crippen LogP contribution in [0.25, 0.3) is 0 Å². The van der Waals surface area contributed by atoms with Crippen LogP contribution in [0.15, 0.2) is 30.3 Å². The number of ether oxygens (including phenoxy) is 1.